The Morgan fingerprint density at radius 2 is 2.08 bits per heavy atom. The molecule has 2 N–H and O–H groups in total. The van der Waals surface area contributed by atoms with E-state index < -0.39 is 0 Å². The molecule has 0 bridgehead atoms. The number of nitrogens with one attached hydrogen (secondary N) is 2. The first kappa shape index (κ1) is 17.9. The van der Waals surface area contributed by atoms with Crippen LogP contribution in [-0.2, 0) is 6.54 Å². The Kier molecular flexibility index (Phi) is 6.69. The lowest BCUT2D eigenvalue weighted by Gasteiger charge is -2.10. The molecule has 24 heavy (non-hydrogen) atoms. The molecule has 1 amide bonds. The molecule has 0 atom stereocenters. The number of rotatable bonds is 8. The second kappa shape index (κ2) is 8.98. The first-order valence-corrected chi connectivity index (χ1v) is 8.10. The van der Waals surface area contributed by atoms with Gasteiger partial charge in [0, 0.05) is 19.3 Å². The summed E-state index contributed by atoms with van der Waals surface area (Å²) in [5.74, 6) is 0.284. The zero-order valence-electron chi connectivity index (χ0n) is 14.5. The average Bonchev–Trinajstić information content (AvgIpc) is 2.57. The van der Waals surface area contributed by atoms with Gasteiger partial charge < -0.3 is 15.5 Å². The Bertz CT molecular complexity index is 672. The topological polar surface area (TPSA) is 70.2 Å². The molecule has 2 rings (SSSR count). The molecule has 0 fully saturated rings. The van der Waals surface area contributed by atoms with E-state index in [2.05, 4.69) is 31.6 Å². The normalized spacial score (nSPS) is 10.7. The molecule has 6 heteroatoms. The van der Waals surface area contributed by atoms with Gasteiger partial charge in [-0.1, -0.05) is 29.8 Å². The minimum absolute atomic E-state index is 0.199. The van der Waals surface area contributed by atoms with Gasteiger partial charge in [0.1, 0.15) is 5.69 Å². The Hall–Kier alpha value is -2.47. The third kappa shape index (κ3) is 5.96. The summed E-state index contributed by atoms with van der Waals surface area (Å²) >= 11 is 0. The number of aryl methyl sites for hydroxylation is 1. The first-order valence-electron chi connectivity index (χ1n) is 8.10. The van der Waals surface area contributed by atoms with Crippen molar-refractivity contribution in [2.75, 3.05) is 32.5 Å². The minimum Gasteiger partial charge on any atom is -0.354 e. The van der Waals surface area contributed by atoms with Gasteiger partial charge >= 0.3 is 0 Å². The van der Waals surface area contributed by atoms with Gasteiger partial charge in [-0.05, 0) is 45.6 Å². The molecular formula is C18H25N5O. The van der Waals surface area contributed by atoms with E-state index in [9.17, 15) is 4.79 Å². The zero-order chi connectivity index (χ0) is 17.4. The molecule has 1 aromatic carbocycles. The fraction of sp³-hybridized carbons (Fsp3) is 0.389. The highest BCUT2D eigenvalue weighted by Crippen LogP contribution is 2.05. The summed E-state index contributed by atoms with van der Waals surface area (Å²) in [4.78, 5) is 22.8. The van der Waals surface area contributed by atoms with Crippen molar-refractivity contribution in [2.45, 2.75) is 19.9 Å². The summed E-state index contributed by atoms with van der Waals surface area (Å²) < 4.78 is 0. The summed E-state index contributed by atoms with van der Waals surface area (Å²) in [6, 6.07) is 9.68. The van der Waals surface area contributed by atoms with Crippen LogP contribution >= 0.6 is 0 Å². The van der Waals surface area contributed by atoms with Crippen molar-refractivity contribution < 1.29 is 4.79 Å². The molecule has 0 spiro atoms. The highest BCUT2D eigenvalue weighted by atomic mass is 16.1. The molecule has 0 radical (unpaired) electrons. The minimum atomic E-state index is -0.199. The van der Waals surface area contributed by atoms with Crippen molar-refractivity contribution in [3.8, 4) is 0 Å². The molecule has 0 aliphatic rings. The molecule has 0 aliphatic carbocycles. The lowest BCUT2D eigenvalue weighted by atomic mass is 10.1. The number of nitrogens with zero attached hydrogens (tertiary/aromatic N) is 3. The number of benzene rings is 1. The van der Waals surface area contributed by atoms with Crippen LogP contribution in [0.2, 0.25) is 0 Å². The Labute approximate surface area is 143 Å². The van der Waals surface area contributed by atoms with E-state index >= 15 is 0 Å². The average molecular weight is 327 g/mol. The van der Waals surface area contributed by atoms with Crippen LogP contribution in [0.3, 0.4) is 0 Å². The van der Waals surface area contributed by atoms with Crippen molar-refractivity contribution in [2.24, 2.45) is 0 Å². The van der Waals surface area contributed by atoms with E-state index in [-0.39, 0.29) is 5.91 Å². The van der Waals surface area contributed by atoms with Gasteiger partial charge in [0.2, 0.25) is 5.95 Å². The van der Waals surface area contributed by atoms with E-state index in [0.717, 1.165) is 25.1 Å². The van der Waals surface area contributed by atoms with E-state index in [1.165, 1.54) is 5.56 Å². The Morgan fingerprint density at radius 3 is 2.83 bits per heavy atom. The number of carbonyl (C=O) groups is 1. The van der Waals surface area contributed by atoms with E-state index in [4.69, 9.17) is 0 Å². The summed E-state index contributed by atoms with van der Waals surface area (Å²) in [6.45, 7) is 4.27. The highest BCUT2D eigenvalue weighted by Gasteiger charge is 2.08. The summed E-state index contributed by atoms with van der Waals surface area (Å²) in [5, 5.41) is 6.04. The maximum absolute atomic E-state index is 12.2. The van der Waals surface area contributed by atoms with Crippen molar-refractivity contribution in [3.63, 3.8) is 0 Å². The van der Waals surface area contributed by atoms with Crippen molar-refractivity contribution >= 4 is 11.9 Å². The summed E-state index contributed by atoms with van der Waals surface area (Å²) in [5.41, 5.74) is 2.61. The van der Waals surface area contributed by atoms with Crippen LogP contribution < -0.4 is 10.6 Å². The number of carbonyl (C=O) groups excluding carboxylic acids is 1. The fourth-order valence-electron chi connectivity index (χ4n) is 2.26. The SMILES string of the molecule is Cc1cccc(CNC(=O)c2ccnc(NCCCN(C)C)n2)c1. The number of aromatic nitrogens is 2. The van der Waals surface area contributed by atoms with Crippen LogP contribution in [0.15, 0.2) is 36.5 Å². The standard InChI is InChI=1S/C18H25N5O/c1-14-6-4-7-15(12-14)13-21-17(24)16-8-10-20-18(22-16)19-9-5-11-23(2)3/h4,6-8,10,12H,5,9,11,13H2,1-3H3,(H,21,24)(H,19,20,22). The predicted octanol–water partition coefficient (Wildman–Crippen LogP) is 2.08. The fourth-order valence-corrected chi connectivity index (χ4v) is 2.26. The quantitative estimate of drug-likeness (QED) is 0.727. The molecule has 2 aromatic rings. The molecular weight excluding hydrogens is 302 g/mol. The smallest absolute Gasteiger partial charge is 0.270 e. The lowest BCUT2D eigenvalue weighted by Crippen LogP contribution is -2.24. The van der Waals surface area contributed by atoms with Crippen LogP contribution in [-0.4, -0.2) is 48.0 Å². The van der Waals surface area contributed by atoms with Crippen LogP contribution in [0, 0.1) is 6.92 Å². The van der Waals surface area contributed by atoms with E-state index in [0.29, 0.717) is 18.2 Å². The van der Waals surface area contributed by atoms with Crippen molar-refractivity contribution in [3.05, 3.63) is 53.3 Å². The Balaban J connectivity index is 1.86. The van der Waals surface area contributed by atoms with Crippen LogP contribution in [0.5, 0.6) is 0 Å². The van der Waals surface area contributed by atoms with Crippen molar-refractivity contribution in [1.82, 2.24) is 20.2 Å². The molecule has 128 valence electrons. The van der Waals surface area contributed by atoms with Gasteiger partial charge in [0.15, 0.2) is 0 Å². The number of hydrogen-bond donors (Lipinski definition) is 2. The molecule has 0 saturated heterocycles. The molecule has 1 heterocycles. The maximum Gasteiger partial charge on any atom is 0.270 e. The molecule has 0 saturated carbocycles. The summed E-state index contributed by atoms with van der Waals surface area (Å²) in [6.07, 6.45) is 2.59. The van der Waals surface area contributed by atoms with Gasteiger partial charge in [0.25, 0.3) is 5.91 Å². The second-order valence-corrected chi connectivity index (χ2v) is 6.02. The number of hydrogen-bond acceptors (Lipinski definition) is 5. The second-order valence-electron chi connectivity index (χ2n) is 6.02. The predicted molar refractivity (Wildman–Crippen MR) is 96.0 cm³/mol. The van der Waals surface area contributed by atoms with Crippen LogP contribution in [0.25, 0.3) is 0 Å². The molecule has 0 unspecified atom stereocenters. The molecule has 6 nitrogen and oxygen atoms in total. The largest absolute Gasteiger partial charge is 0.354 e. The highest BCUT2D eigenvalue weighted by molar-refractivity contribution is 5.92. The maximum atomic E-state index is 12.2. The third-order valence-electron chi connectivity index (χ3n) is 3.49. The van der Waals surface area contributed by atoms with Crippen LogP contribution in [0.1, 0.15) is 28.0 Å². The van der Waals surface area contributed by atoms with Gasteiger partial charge in [-0.25, -0.2) is 9.97 Å². The lowest BCUT2D eigenvalue weighted by molar-refractivity contribution is 0.0946. The zero-order valence-corrected chi connectivity index (χ0v) is 14.5. The van der Waals surface area contributed by atoms with Gasteiger partial charge in [-0.2, -0.15) is 0 Å². The Morgan fingerprint density at radius 1 is 1.25 bits per heavy atom. The van der Waals surface area contributed by atoms with Crippen LogP contribution in [0.4, 0.5) is 5.95 Å². The third-order valence-corrected chi connectivity index (χ3v) is 3.49. The molecule has 0 aliphatic heterocycles. The first-order chi connectivity index (χ1) is 11.5. The van der Waals surface area contributed by atoms with E-state index in [1.807, 2.05) is 39.2 Å². The van der Waals surface area contributed by atoms with Gasteiger partial charge in [-0.15, -0.1) is 0 Å². The van der Waals surface area contributed by atoms with Crippen molar-refractivity contribution in [1.29, 1.82) is 0 Å². The number of amides is 1. The molecule has 1 aromatic heterocycles. The van der Waals surface area contributed by atoms with Gasteiger partial charge in [-0.3, -0.25) is 4.79 Å². The summed E-state index contributed by atoms with van der Waals surface area (Å²) in [7, 11) is 4.07. The monoisotopic (exact) mass is 327 g/mol. The van der Waals surface area contributed by atoms with E-state index in [1.54, 1.807) is 12.3 Å². The number of anilines is 1. The van der Waals surface area contributed by atoms with Gasteiger partial charge in [0.05, 0.1) is 0 Å².